The summed E-state index contributed by atoms with van der Waals surface area (Å²) in [6, 6.07) is 16.9. The number of allylic oxidation sites excluding steroid dienone is 2. The van der Waals surface area contributed by atoms with E-state index < -0.39 is 0 Å². The van der Waals surface area contributed by atoms with Crippen LogP contribution >= 0.6 is 0 Å². The molecule has 2 aromatic heterocycles. The summed E-state index contributed by atoms with van der Waals surface area (Å²) in [6.45, 7) is 0.388. The summed E-state index contributed by atoms with van der Waals surface area (Å²) in [5.41, 5.74) is 3.59. The number of nitrogens with zero attached hydrogens (tertiary/aromatic N) is 1. The van der Waals surface area contributed by atoms with Gasteiger partial charge in [0.05, 0.1) is 13.5 Å². The SMILES string of the molecule is COc1cc(OCc2cccnc2)ccc1/C=C/C(=O)CC(=O)/C=C/c1cccc2[nH]ccc12. The van der Waals surface area contributed by atoms with Gasteiger partial charge in [-0.15, -0.1) is 0 Å². The van der Waals surface area contributed by atoms with Gasteiger partial charge in [-0.25, -0.2) is 0 Å². The van der Waals surface area contributed by atoms with Crippen LogP contribution in [0.25, 0.3) is 23.1 Å². The smallest absolute Gasteiger partial charge is 0.163 e. The lowest BCUT2D eigenvalue weighted by Gasteiger charge is -2.10. The summed E-state index contributed by atoms with van der Waals surface area (Å²) in [4.78, 5) is 31.8. The molecular formula is C28H24N2O4. The van der Waals surface area contributed by atoms with Crippen LogP contribution in [0.4, 0.5) is 0 Å². The number of aromatic amines is 1. The minimum absolute atomic E-state index is 0.204. The highest BCUT2D eigenvalue weighted by molar-refractivity contribution is 6.11. The van der Waals surface area contributed by atoms with Gasteiger partial charge in [-0.3, -0.25) is 14.6 Å². The largest absolute Gasteiger partial charge is 0.496 e. The van der Waals surface area contributed by atoms with Crippen molar-refractivity contribution in [1.82, 2.24) is 9.97 Å². The van der Waals surface area contributed by atoms with E-state index in [2.05, 4.69) is 9.97 Å². The number of aromatic nitrogens is 2. The highest BCUT2D eigenvalue weighted by Crippen LogP contribution is 2.26. The second-order valence-electron chi connectivity index (χ2n) is 7.62. The van der Waals surface area contributed by atoms with Crippen LogP contribution in [-0.2, 0) is 16.2 Å². The third kappa shape index (κ3) is 5.86. The number of nitrogens with one attached hydrogen (secondary N) is 1. The molecule has 1 N–H and O–H groups in total. The summed E-state index contributed by atoms with van der Waals surface area (Å²) in [5.74, 6) is 0.669. The van der Waals surface area contributed by atoms with E-state index in [-0.39, 0.29) is 18.0 Å². The Hall–Kier alpha value is -4.45. The van der Waals surface area contributed by atoms with Gasteiger partial charge < -0.3 is 14.5 Å². The first-order valence-corrected chi connectivity index (χ1v) is 10.8. The Kier molecular flexibility index (Phi) is 7.30. The van der Waals surface area contributed by atoms with Gasteiger partial charge in [-0.1, -0.05) is 24.3 Å². The molecule has 6 nitrogen and oxygen atoms in total. The first-order chi connectivity index (χ1) is 16.6. The molecule has 2 heterocycles. The quantitative estimate of drug-likeness (QED) is 0.257. The average Bonchev–Trinajstić information content (AvgIpc) is 3.35. The number of hydrogen-bond donors (Lipinski definition) is 1. The van der Waals surface area contributed by atoms with Gasteiger partial charge in [0, 0.05) is 46.7 Å². The molecule has 0 saturated carbocycles. The van der Waals surface area contributed by atoms with E-state index in [4.69, 9.17) is 9.47 Å². The Labute approximate surface area is 197 Å². The van der Waals surface area contributed by atoms with Crippen molar-refractivity contribution in [1.29, 1.82) is 0 Å². The zero-order valence-corrected chi connectivity index (χ0v) is 18.7. The highest BCUT2D eigenvalue weighted by atomic mass is 16.5. The Morgan fingerprint density at radius 2 is 1.79 bits per heavy atom. The van der Waals surface area contributed by atoms with E-state index in [0.29, 0.717) is 23.7 Å². The Bertz CT molecular complexity index is 1350. The molecule has 0 amide bonds. The van der Waals surface area contributed by atoms with Crippen molar-refractivity contribution in [3.8, 4) is 11.5 Å². The molecule has 2 aromatic carbocycles. The molecule has 0 aliphatic carbocycles. The molecule has 34 heavy (non-hydrogen) atoms. The molecule has 0 spiro atoms. The third-order valence-electron chi connectivity index (χ3n) is 5.21. The van der Waals surface area contributed by atoms with Crippen LogP contribution in [0.1, 0.15) is 23.1 Å². The van der Waals surface area contributed by atoms with E-state index in [1.807, 2.05) is 42.6 Å². The minimum Gasteiger partial charge on any atom is -0.496 e. The maximum absolute atomic E-state index is 12.3. The number of H-pyrrole nitrogens is 1. The molecule has 0 atom stereocenters. The van der Waals surface area contributed by atoms with Crippen molar-refractivity contribution in [2.45, 2.75) is 13.0 Å². The molecule has 0 aliphatic rings. The molecule has 4 rings (SSSR count). The van der Waals surface area contributed by atoms with E-state index in [9.17, 15) is 9.59 Å². The molecule has 0 bridgehead atoms. The third-order valence-corrected chi connectivity index (χ3v) is 5.21. The van der Waals surface area contributed by atoms with Crippen molar-refractivity contribution in [3.63, 3.8) is 0 Å². The summed E-state index contributed by atoms with van der Waals surface area (Å²) >= 11 is 0. The second-order valence-corrected chi connectivity index (χ2v) is 7.62. The Morgan fingerprint density at radius 3 is 2.56 bits per heavy atom. The number of rotatable bonds is 10. The van der Waals surface area contributed by atoms with Crippen molar-refractivity contribution in [2.75, 3.05) is 7.11 Å². The van der Waals surface area contributed by atoms with Gasteiger partial charge in [0.2, 0.25) is 0 Å². The van der Waals surface area contributed by atoms with Crippen LogP contribution in [0.5, 0.6) is 11.5 Å². The molecule has 0 aliphatic heterocycles. The molecule has 0 radical (unpaired) electrons. The topological polar surface area (TPSA) is 81.3 Å². The lowest BCUT2D eigenvalue weighted by Crippen LogP contribution is -2.02. The summed E-state index contributed by atoms with van der Waals surface area (Å²) in [5, 5.41) is 1.03. The number of ether oxygens (including phenoxy) is 2. The van der Waals surface area contributed by atoms with Crippen molar-refractivity contribution < 1.29 is 19.1 Å². The fraction of sp³-hybridized carbons (Fsp3) is 0.107. The van der Waals surface area contributed by atoms with Gasteiger partial charge in [0.15, 0.2) is 11.6 Å². The number of fused-ring (bicyclic) bond motifs is 1. The van der Waals surface area contributed by atoms with Gasteiger partial charge in [0.1, 0.15) is 18.1 Å². The summed E-state index contributed by atoms with van der Waals surface area (Å²) < 4.78 is 11.2. The maximum Gasteiger partial charge on any atom is 0.163 e. The number of methoxy groups -OCH3 is 1. The zero-order valence-electron chi connectivity index (χ0n) is 18.7. The molecule has 0 unspecified atom stereocenters. The predicted molar refractivity (Wildman–Crippen MR) is 133 cm³/mol. The second kappa shape index (κ2) is 10.9. The monoisotopic (exact) mass is 452 g/mol. The predicted octanol–water partition coefficient (Wildman–Crippen LogP) is 5.41. The lowest BCUT2D eigenvalue weighted by atomic mass is 10.1. The van der Waals surface area contributed by atoms with E-state index in [1.165, 1.54) is 12.2 Å². The number of hydrogen-bond acceptors (Lipinski definition) is 5. The Morgan fingerprint density at radius 1 is 0.971 bits per heavy atom. The fourth-order valence-corrected chi connectivity index (χ4v) is 3.48. The summed E-state index contributed by atoms with van der Waals surface area (Å²) in [7, 11) is 1.55. The van der Waals surface area contributed by atoms with Gasteiger partial charge >= 0.3 is 0 Å². The van der Waals surface area contributed by atoms with Gasteiger partial charge in [0.25, 0.3) is 0 Å². The molecule has 0 saturated heterocycles. The highest BCUT2D eigenvalue weighted by Gasteiger charge is 2.07. The van der Waals surface area contributed by atoms with Crippen LogP contribution in [-0.4, -0.2) is 28.6 Å². The van der Waals surface area contributed by atoms with Gasteiger partial charge in [-0.2, -0.15) is 0 Å². The normalized spacial score (nSPS) is 11.3. The lowest BCUT2D eigenvalue weighted by molar-refractivity contribution is -0.121. The number of benzene rings is 2. The number of pyridine rings is 1. The molecule has 4 aromatic rings. The van der Waals surface area contributed by atoms with Crippen LogP contribution in [0.15, 0.2) is 85.3 Å². The van der Waals surface area contributed by atoms with Crippen LogP contribution in [0.2, 0.25) is 0 Å². The first-order valence-electron chi connectivity index (χ1n) is 10.8. The van der Waals surface area contributed by atoms with Crippen molar-refractivity contribution in [2.24, 2.45) is 0 Å². The van der Waals surface area contributed by atoms with Gasteiger partial charge in [-0.05, 0) is 54.1 Å². The maximum atomic E-state index is 12.3. The van der Waals surface area contributed by atoms with E-state index in [0.717, 1.165) is 22.0 Å². The number of ketones is 2. The number of carbonyl (C=O) groups is 2. The molecular weight excluding hydrogens is 428 g/mol. The average molecular weight is 453 g/mol. The molecule has 170 valence electrons. The summed E-state index contributed by atoms with van der Waals surface area (Å²) in [6.07, 6.45) is 11.3. The van der Waals surface area contributed by atoms with Crippen LogP contribution < -0.4 is 9.47 Å². The standard InChI is InChI=1S/C28H24N2O4/c1-33-28-17-25(34-19-20-4-3-14-29-18-20)12-9-22(28)8-11-24(32)16-23(31)10-7-21-5-2-6-27-26(21)13-15-30-27/h2-15,17-18,30H,16,19H2,1H3/b10-7+,11-8+. The van der Waals surface area contributed by atoms with Crippen molar-refractivity contribution in [3.05, 3.63) is 102 Å². The Balaban J connectivity index is 1.35. The van der Waals surface area contributed by atoms with E-state index >= 15 is 0 Å². The van der Waals surface area contributed by atoms with Crippen molar-refractivity contribution >= 4 is 34.6 Å². The van der Waals surface area contributed by atoms with Crippen LogP contribution in [0.3, 0.4) is 0 Å². The van der Waals surface area contributed by atoms with E-state index in [1.54, 1.807) is 49.9 Å². The molecule has 6 heteroatoms. The number of carbonyl (C=O) groups excluding carboxylic acids is 2. The first kappa shape index (κ1) is 22.7. The minimum atomic E-state index is -0.284. The molecule has 0 fully saturated rings. The fourth-order valence-electron chi connectivity index (χ4n) is 3.48. The zero-order chi connectivity index (χ0) is 23.8. The van der Waals surface area contributed by atoms with Crippen LogP contribution in [0, 0.1) is 0 Å².